The van der Waals surface area contributed by atoms with Gasteiger partial charge >= 0.3 is 0 Å². The molecule has 0 fully saturated rings. The lowest BCUT2D eigenvalue weighted by Gasteiger charge is -2.09. The molecule has 5 nitrogen and oxygen atoms in total. The molecule has 0 amide bonds. The van der Waals surface area contributed by atoms with E-state index in [1.54, 1.807) is 30.0 Å². The topological polar surface area (TPSA) is 64.1 Å². The molecule has 21 heavy (non-hydrogen) atoms. The first-order valence-corrected chi connectivity index (χ1v) is 7.51. The average Bonchev–Trinajstić information content (AvgIpc) is 2.43. The summed E-state index contributed by atoms with van der Waals surface area (Å²) in [5, 5.41) is 0. The predicted molar refractivity (Wildman–Crippen MR) is 85.1 cm³/mol. The van der Waals surface area contributed by atoms with Gasteiger partial charge in [0.15, 0.2) is 5.75 Å². The van der Waals surface area contributed by atoms with Crippen molar-refractivity contribution in [3.63, 3.8) is 0 Å². The summed E-state index contributed by atoms with van der Waals surface area (Å²) in [7, 11) is 0. The second kappa shape index (κ2) is 6.76. The first-order valence-electron chi connectivity index (χ1n) is 6.72. The van der Waals surface area contributed by atoms with Crippen LogP contribution >= 0.6 is 15.9 Å². The molecule has 2 aromatic rings. The Morgan fingerprint density at radius 1 is 1.33 bits per heavy atom. The van der Waals surface area contributed by atoms with Gasteiger partial charge in [0.1, 0.15) is 0 Å². The highest BCUT2D eigenvalue weighted by Crippen LogP contribution is 2.09. The third-order valence-electron chi connectivity index (χ3n) is 2.97. The lowest BCUT2D eigenvalue weighted by molar-refractivity contribution is 0.313. The van der Waals surface area contributed by atoms with Gasteiger partial charge in [-0.25, -0.2) is 0 Å². The van der Waals surface area contributed by atoms with Crippen molar-refractivity contribution in [3.8, 4) is 5.75 Å². The Kier molecular flexibility index (Phi) is 5.01. The molecule has 0 atom stereocenters. The summed E-state index contributed by atoms with van der Waals surface area (Å²) in [4.78, 5) is 27.0. The van der Waals surface area contributed by atoms with E-state index in [0.717, 1.165) is 10.9 Å². The number of rotatable bonds is 5. The number of nitrogens with one attached hydrogen (secondary N) is 1. The number of ether oxygens (including phenoxy) is 1. The Morgan fingerprint density at radius 3 is 2.76 bits per heavy atom. The highest BCUT2D eigenvalue weighted by molar-refractivity contribution is 9.10. The van der Waals surface area contributed by atoms with Gasteiger partial charge in [0.05, 0.1) is 13.2 Å². The minimum absolute atomic E-state index is 0.0784. The smallest absolute Gasteiger partial charge is 0.253 e. The maximum Gasteiger partial charge on any atom is 0.253 e. The van der Waals surface area contributed by atoms with E-state index < -0.39 is 0 Å². The summed E-state index contributed by atoms with van der Waals surface area (Å²) in [5.41, 5.74) is 1.04. The van der Waals surface area contributed by atoms with Crippen LogP contribution < -0.4 is 15.7 Å². The molecule has 1 N–H and O–H groups in total. The van der Waals surface area contributed by atoms with E-state index >= 15 is 0 Å². The zero-order valence-electron chi connectivity index (χ0n) is 12.0. The monoisotopic (exact) mass is 352 g/mol. The molecule has 0 aromatic carbocycles. The van der Waals surface area contributed by atoms with Crippen LogP contribution in [0.15, 0.2) is 38.6 Å². The molecule has 0 aliphatic rings. The Labute approximate surface area is 130 Å². The van der Waals surface area contributed by atoms with E-state index in [0.29, 0.717) is 30.2 Å². The fraction of sp³-hybridized carbons (Fsp3) is 0.333. The largest absolute Gasteiger partial charge is 0.488 e. The molecule has 0 aliphatic carbocycles. The van der Waals surface area contributed by atoms with Gasteiger partial charge in [0.2, 0.25) is 5.43 Å². The molecule has 0 spiro atoms. The number of aromatic nitrogens is 2. The van der Waals surface area contributed by atoms with E-state index in [1.807, 2.05) is 6.92 Å². The van der Waals surface area contributed by atoms with Crippen LogP contribution in [-0.2, 0) is 6.54 Å². The highest BCUT2D eigenvalue weighted by Gasteiger charge is 2.06. The van der Waals surface area contributed by atoms with Gasteiger partial charge in [0, 0.05) is 34.2 Å². The zero-order valence-corrected chi connectivity index (χ0v) is 13.6. The van der Waals surface area contributed by atoms with Crippen molar-refractivity contribution >= 4 is 15.9 Å². The molecule has 112 valence electrons. The molecule has 0 saturated heterocycles. The molecular weight excluding hydrogens is 336 g/mol. The molecule has 0 unspecified atom stereocenters. The molecule has 0 saturated carbocycles. The minimum atomic E-state index is -0.183. The third-order valence-corrected chi connectivity index (χ3v) is 3.40. The summed E-state index contributed by atoms with van der Waals surface area (Å²) >= 11 is 3.36. The van der Waals surface area contributed by atoms with Gasteiger partial charge in [-0.1, -0.05) is 6.92 Å². The number of hydrogen-bond donors (Lipinski definition) is 1. The molecule has 0 radical (unpaired) electrons. The summed E-state index contributed by atoms with van der Waals surface area (Å²) in [6, 6.07) is 3.23. The van der Waals surface area contributed by atoms with Crippen molar-refractivity contribution in [3.05, 3.63) is 60.8 Å². The Hall–Kier alpha value is -1.82. The van der Waals surface area contributed by atoms with Crippen molar-refractivity contribution in [2.24, 2.45) is 0 Å². The molecule has 0 aliphatic heterocycles. The van der Waals surface area contributed by atoms with Crippen LogP contribution in [0.25, 0.3) is 0 Å². The quantitative estimate of drug-likeness (QED) is 0.898. The van der Waals surface area contributed by atoms with Crippen LogP contribution in [0.1, 0.15) is 24.6 Å². The van der Waals surface area contributed by atoms with Gasteiger partial charge < -0.3 is 14.3 Å². The molecule has 6 heteroatoms. The maximum absolute atomic E-state index is 12.0. The Bertz CT molecular complexity index is 749. The summed E-state index contributed by atoms with van der Waals surface area (Å²) in [5.74, 6) is 0.304. The van der Waals surface area contributed by atoms with Gasteiger partial charge in [0.25, 0.3) is 5.56 Å². The van der Waals surface area contributed by atoms with Crippen LogP contribution in [0.4, 0.5) is 0 Å². The lowest BCUT2D eigenvalue weighted by atomic mass is 10.3. The highest BCUT2D eigenvalue weighted by atomic mass is 79.9. The number of H-pyrrole nitrogens is 1. The average molecular weight is 353 g/mol. The lowest BCUT2D eigenvalue weighted by Crippen LogP contribution is -2.23. The predicted octanol–water partition coefficient (Wildman–Crippen LogP) is 2.44. The normalized spacial score (nSPS) is 10.6. The minimum Gasteiger partial charge on any atom is -0.488 e. The number of aryl methyl sites for hydroxylation is 1. The summed E-state index contributed by atoms with van der Waals surface area (Å²) in [6.45, 7) is 4.55. The first-order chi connectivity index (χ1) is 10.0. The SMILES string of the molecule is CCCOc1c[nH]c(Cn2cc(Br)cc(C)c2=O)cc1=O. The van der Waals surface area contributed by atoms with Crippen LogP contribution in [0.2, 0.25) is 0 Å². The van der Waals surface area contributed by atoms with Gasteiger partial charge in [-0.05, 0) is 35.3 Å². The number of halogens is 1. The zero-order chi connectivity index (χ0) is 15.4. The van der Waals surface area contributed by atoms with Gasteiger partial charge in [-0.2, -0.15) is 0 Å². The van der Waals surface area contributed by atoms with Gasteiger partial charge in [-0.15, -0.1) is 0 Å². The number of aromatic amines is 1. The molecule has 2 aromatic heterocycles. The van der Waals surface area contributed by atoms with Crippen LogP contribution in [-0.4, -0.2) is 16.2 Å². The first kappa shape index (κ1) is 15.6. The number of hydrogen-bond acceptors (Lipinski definition) is 3. The number of pyridine rings is 2. The van der Waals surface area contributed by atoms with E-state index in [2.05, 4.69) is 20.9 Å². The van der Waals surface area contributed by atoms with Crippen molar-refractivity contribution < 1.29 is 4.74 Å². The van der Waals surface area contributed by atoms with E-state index in [1.165, 1.54) is 6.07 Å². The summed E-state index contributed by atoms with van der Waals surface area (Å²) < 4.78 is 7.71. The van der Waals surface area contributed by atoms with E-state index in [4.69, 9.17) is 4.74 Å². The van der Waals surface area contributed by atoms with Crippen LogP contribution in [0.5, 0.6) is 5.75 Å². The molecule has 2 heterocycles. The van der Waals surface area contributed by atoms with E-state index in [9.17, 15) is 9.59 Å². The Balaban J connectivity index is 2.27. The summed E-state index contributed by atoms with van der Waals surface area (Å²) in [6.07, 6.45) is 4.09. The van der Waals surface area contributed by atoms with E-state index in [-0.39, 0.29) is 11.0 Å². The van der Waals surface area contributed by atoms with Gasteiger partial charge in [-0.3, -0.25) is 9.59 Å². The number of nitrogens with zero attached hydrogens (tertiary/aromatic N) is 1. The fourth-order valence-corrected chi connectivity index (χ4v) is 2.55. The van der Waals surface area contributed by atoms with Crippen molar-refractivity contribution in [1.29, 1.82) is 0 Å². The maximum atomic E-state index is 12.0. The molecule has 0 bridgehead atoms. The third kappa shape index (κ3) is 3.85. The molecular formula is C15H17BrN2O3. The van der Waals surface area contributed by atoms with Crippen molar-refractivity contribution in [2.45, 2.75) is 26.8 Å². The van der Waals surface area contributed by atoms with Crippen LogP contribution in [0.3, 0.4) is 0 Å². The second-order valence-electron chi connectivity index (χ2n) is 4.81. The standard InChI is InChI=1S/C15H17BrN2O3/c1-3-4-21-14-7-17-12(6-13(14)19)9-18-8-11(16)5-10(2)15(18)20/h5-8H,3-4,9H2,1-2H3,(H,17,19). The Morgan fingerprint density at radius 2 is 2.10 bits per heavy atom. The van der Waals surface area contributed by atoms with Crippen LogP contribution in [0, 0.1) is 6.92 Å². The second-order valence-corrected chi connectivity index (χ2v) is 5.73. The molecule has 2 rings (SSSR count). The fourth-order valence-electron chi connectivity index (χ4n) is 1.96. The van der Waals surface area contributed by atoms with Crippen molar-refractivity contribution in [2.75, 3.05) is 6.61 Å². The van der Waals surface area contributed by atoms with Crippen molar-refractivity contribution in [1.82, 2.24) is 9.55 Å².